The number of halogens is 1. The lowest BCUT2D eigenvalue weighted by molar-refractivity contribution is -0.384. The quantitative estimate of drug-likeness (QED) is 0.588. The van der Waals surface area contributed by atoms with Gasteiger partial charge in [0.15, 0.2) is 6.61 Å². The number of hydrogen-bond acceptors (Lipinski definition) is 6. The Morgan fingerprint density at radius 1 is 1.21 bits per heavy atom. The molecule has 1 aliphatic heterocycles. The van der Waals surface area contributed by atoms with Crippen LogP contribution in [-0.2, 0) is 4.79 Å². The number of nitro benzene ring substituents is 1. The highest BCUT2D eigenvalue weighted by Gasteiger charge is 2.25. The molecular formula is C19H21ClN4O4. The van der Waals surface area contributed by atoms with Crippen LogP contribution in [-0.4, -0.2) is 55.6 Å². The van der Waals surface area contributed by atoms with Gasteiger partial charge in [-0.15, -0.1) is 0 Å². The number of likely N-dealkylation sites (N-methyl/N-ethyl adjacent to an activating group) is 1. The first kappa shape index (κ1) is 19.9. The molecule has 0 bridgehead atoms. The van der Waals surface area contributed by atoms with E-state index in [1.54, 1.807) is 18.2 Å². The Morgan fingerprint density at radius 3 is 2.54 bits per heavy atom. The van der Waals surface area contributed by atoms with Crippen LogP contribution in [0, 0.1) is 10.1 Å². The fraction of sp³-hybridized carbons (Fsp3) is 0.316. The first-order chi connectivity index (χ1) is 13.4. The van der Waals surface area contributed by atoms with E-state index >= 15 is 0 Å². The van der Waals surface area contributed by atoms with Crippen LogP contribution in [0.15, 0.2) is 42.5 Å². The van der Waals surface area contributed by atoms with Crippen molar-refractivity contribution in [1.82, 2.24) is 4.90 Å². The Labute approximate surface area is 167 Å². The number of ether oxygens (including phenoxy) is 1. The molecule has 148 valence electrons. The van der Waals surface area contributed by atoms with E-state index in [1.165, 1.54) is 6.07 Å². The third-order valence-electron chi connectivity index (χ3n) is 4.49. The number of para-hydroxylation sites is 1. The second kappa shape index (κ2) is 8.90. The third-order valence-corrected chi connectivity index (χ3v) is 4.80. The molecule has 0 aliphatic carbocycles. The number of carbonyl (C=O) groups is 1. The van der Waals surface area contributed by atoms with Gasteiger partial charge in [-0.3, -0.25) is 14.9 Å². The number of nitro groups is 1. The van der Waals surface area contributed by atoms with Crippen LogP contribution in [0.3, 0.4) is 0 Å². The van der Waals surface area contributed by atoms with Gasteiger partial charge in [0.05, 0.1) is 15.6 Å². The maximum absolute atomic E-state index is 12.2. The third kappa shape index (κ3) is 4.90. The molecule has 1 fully saturated rings. The first-order valence-corrected chi connectivity index (χ1v) is 9.21. The molecular weight excluding hydrogens is 384 g/mol. The zero-order valence-corrected chi connectivity index (χ0v) is 16.2. The molecule has 0 unspecified atom stereocenters. The van der Waals surface area contributed by atoms with E-state index in [2.05, 4.69) is 10.2 Å². The molecule has 1 aliphatic rings. The summed E-state index contributed by atoms with van der Waals surface area (Å²) in [6, 6.07) is 11.8. The predicted molar refractivity (Wildman–Crippen MR) is 108 cm³/mol. The number of nitrogens with zero attached hydrogens (tertiary/aromatic N) is 3. The summed E-state index contributed by atoms with van der Waals surface area (Å²) in [6.07, 6.45) is 0. The number of benzene rings is 2. The second-order valence-corrected chi connectivity index (χ2v) is 6.93. The molecule has 1 N–H and O–H groups in total. The lowest BCUT2D eigenvalue weighted by Crippen LogP contribution is -2.44. The van der Waals surface area contributed by atoms with Crippen molar-refractivity contribution in [3.63, 3.8) is 0 Å². The second-order valence-electron chi connectivity index (χ2n) is 6.52. The zero-order valence-electron chi connectivity index (χ0n) is 15.4. The summed E-state index contributed by atoms with van der Waals surface area (Å²) in [7, 11) is 2.01. The lowest BCUT2D eigenvalue weighted by Gasteiger charge is -2.33. The van der Waals surface area contributed by atoms with Crippen molar-refractivity contribution in [3.05, 3.63) is 57.6 Å². The SMILES string of the molecule is CN1CCN(c2cc(NC(=O)COc3ccccc3)c(Cl)cc2[N+](=O)[O-])CC1. The highest BCUT2D eigenvalue weighted by atomic mass is 35.5. The smallest absolute Gasteiger partial charge is 0.294 e. The maximum Gasteiger partial charge on any atom is 0.294 e. The van der Waals surface area contributed by atoms with Crippen molar-refractivity contribution < 1.29 is 14.5 Å². The van der Waals surface area contributed by atoms with Crippen LogP contribution in [0.25, 0.3) is 0 Å². The van der Waals surface area contributed by atoms with Gasteiger partial charge in [-0.25, -0.2) is 0 Å². The molecule has 1 amide bonds. The minimum absolute atomic E-state index is 0.0758. The minimum atomic E-state index is -0.455. The van der Waals surface area contributed by atoms with Crippen LogP contribution in [0.4, 0.5) is 17.1 Å². The van der Waals surface area contributed by atoms with Crippen LogP contribution in [0.2, 0.25) is 5.02 Å². The Hall–Kier alpha value is -2.84. The van der Waals surface area contributed by atoms with Crippen molar-refractivity contribution in [2.75, 3.05) is 50.1 Å². The zero-order chi connectivity index (χ0) is 20.1. The summed E-state index contributed by atoms with van der Waals surface area (Å²) < 4.78 is 5.42. The summed E-state index contributed by atoms with van der Waals surface area (Å²) in [5, 5.41) is 14.3. The maximum atomic E-state index is 12.2. The van der Waals surface area contributed by atoms with Gasteiger partial charge in [-0.2, -0.15) is 0 Å². The van der Waals surface area contributed by atoms with Gasteiger partial charge in [0.25, 0.3) is 11.6 Å². The number of anilines is 2. The molecule has 9 heteroatoms. The summed E-state index contributed by atoms with van der Waals surface area (Å²) >= 11 is 6.18. The van der Waals surface area contributed by atoms with Crippen LogP contribution < -0.4 is 15.0 Å². The molecule has 1 saturated heterocycles. The lowest BCUT2D eigenvalue weighted by atomic mass is 10.2. The van der Waals surface area contributed by atoms with E-state index in [9.17, 15) is 14.9 Å². The molecule has 8 nitrogen and oxygen atoms in total. The van der Waals surface area contributed by atoms with Crippen LogP contribution >= 0.6 is 11.6 Å². The molecule has 0 radical (unpaired) electrons. The molecule has 2 aromatic carbocycles. The van der Waals surface area contributed by atoms with Crippen molar-refractivity contribution in [2.45, 2.75) is 0 Å². The van der Waals surface area contributed by atoms with Gasteiger partial charge in [0.2, 0.25) is 0 Å². The number of nitrogens with one attached hydrogen (secondary N) is 1. The molecule has 0 atom stereocenters. The average Bonchev–Trinajstić information content (AvgIpc) is 2.69. The molecule has 3 rings (SSSR count). The Balaban J connectivity index is 1.76. The van der Waals surface area contributed by atoms with Crippen molar-refractivity contribution in [2.24, 2.45) is 0 Å². The number of piperazine rings is 1. The average molecular weight is 405 g/mol. The fourth-order valence-electron chi connectivity index (χ4n) is 2.95. The van der Waals surface area contributed by atoms with E-state index < -0.39 is 10.8 Å². The number of hydrogen-bond donors (Lipinski definition) is 1. The van der Waals surface area contributed by atoms with Gasteiger partial charge in [-0.1, -0.05) is 29.8 Å². The van der Waals surface area contributed by atoms with Crippen molar-refractivity contribution in [3.8, 4) is 5.75 Å². The van der Waals surface area contributed by atoms with Crippen LogP contribution in [0.1, 0.15) is 0 Å². The molecule has 0 spiro atoms. The number of rotatable bonds is 6. The summed E-state index contributed by atoms with van der Waals surface area (Å²) in [5.41, 5.74) is 0.692. The normalized spacial score (nSPS) is 14.6. The minimum Gasteiger partial charge on any atom is -0.484 e. The van der Waals surface area contributed by atoms with E-state index in [0.29, 0.717) is 30.2 Å². The van der Waals surface area contributed by atoms with Crippen LogP contribution in [0.5, 0.6) is 5.75 Å². The Bertz CT molecular complexity index is 855. The fourth-order valence-corrected chi connectivity index (χ4v) is 3.15. The molecule has 2 aromatic rings. The Morgan fingerprint density at radius 2 is 1.89 bits per heavy atom. The van der Waals surface area contributed by atoms with Gasteiger partial charge in [-0.05, 0) is 25.2 Å². The van der Waals surface area contributed by atoms with Gasteiger partial charge < -0.3 is 19.9 Å². The standard InChI is InChI=1S/C19H21ClN4O4/c1-22-7-9-23(10-8-22)17-12-16(15(20)11-18(17)24(26)27)21-19(25)13-28-14-5-3-2-4-6-14/h2-6,11-12H,7-10,13H2,1H3,(H,21,25). The molecule has 0 aromatic heterocycles. The highest BCUT2D eigenvalue weighted by molar-refractivity contribution is 6.34. The monoisotopic (exact) mass is 404 g/mol. The summed E-state index contributed by atoms with van der Waals surface area (Å²) in [4.78, 5) is 27.3. The highest BCUT2D eigenvalue weighted by Crippen LogP contribution is 2.37. The van der Waals surface area contributed by atoms with E-state index in [1.807, 2.05) is 30.1 Å². The summed E-state index contributed by atoms with van der Waals surface area (Å²) in [5.74, 6) is 0.175. The van der Waals surface area contributed by atoms with Gasteiger partial charge >= 0.3 is 0 Å². The van der Waals surface area contributed by atoms with Gasteiger partial charge in [0.1, 0.15) is 11.4 Å². The van der Waals surface area contributed by atoms with Crippen molar-refractivity contribution in [1.29, 1.82) is 0 Å². The van der Waals surface area contributed by atoms with E-state index in [4.69, 9.17) is 16.3 Å². The molecule has 0 saturated carbocycles. The molecule has 1 heterocycles. The van der Waals surface area contributed by atoms with E-state index in [0.717, 1.165) is 13.1 Å². The summed E-state index contributed by atoms with van der Waals surface area (Å²) in [6.45, 7) is 2.72. The van der Waals surface area contributed by atoms with Crippen molar-refractivity contribution >= 4 is 34.6 Å². The largest absolute Gasteiger partial charge is 0.484 e. The van der Waals surface area contributed by atoms with E-state index in [-0.39, 0.29) is 17.3 Å². The molecule has 28 heavy (non-hydrogen) atoms. The number of amides is 1. The van der Waals surface area contributed by atoms with Gasteiger partial charge in [0, 0.05) is 32.2 Å². The Kier molecular flexibility index (Phi) is 6.33. The predicted octanol–water partition coefficient (Wildman–Crippen LogP) is 3.02. The first-order valence-electron chi connectivity index (χ1n) is 8.83. The number of carbonyl (C=O) groups excluding carboxylic acids is 1. The topological polar surface area (TPSA) is 88.0 Å².